The first-order valence-corrected chi connectivity index (χ1v) is 4.37. The average molecular weight is 152 g/mol. The predicted molar refractivity (Wildman–Crippen MR) is 46.4 cm³/mol. The molecule has 0 heterocycles. The van der Waals surface area contributed by atoms with E-state index in [0.29, 0.717) is 11.7 Å². The van der Waals surface area contributed by atoms with Crippen LogP contribution in [0, 0.1) is 5.92 Å². The molecular weight excluding hydrogens is 136 g/mol. The third-order valence-corrected chi connectivity index (χ3v) is 2.50. The van der Waals surface area contributed by atoms with Crippen molar-refractivity contribution in [3.05, 3.63) is 11.1 Å². The summed E-state index contributed by atoms with van der Waals surface area (Å²) in [5, 5.41) is 0. The summed E-state index contributed by atoms with van der Waals surface area (Å²) >= 11 is 0. The van der Waals surface area contributed by atoms with Crippen molar-refractivity contribution < 1.29 is 4.79 Å². The summed E-state index contributed by atoms with van der Waals surface area (Å²) < 4.78 is 0. The number of Topliss-reactive ketones (excluding diaryl/α,β-unsaturated/α-hetero) is 1. The van der Waals surface area contributed by atoms with E-state index in [1.54, 1.807) is 0 Å². The van der Waals surface area contributed by atoms with E-state index in [4.69, 9.17) is 0 Å². The number of hydrogen-bond acceptors (Lipinski definition) is 1. The van der Waals surface area contributed by atoms with Gasteiger partial charge in [0.15, 0.2) is 5.78 Å². The standard InChI is InChI=1S/C10H16O/c1-4-9-5-7(2)6-10(11)8(9)3/h7H,4-6H2,1-3H3. The molecule has 0 N–H and O–H groups in total. The minimum Gasteiger partial charge on any atom is -0.295 e. The van der Waals surface area contributed by atoms with Crippen LogP contribution in [0.4, 0.5) is 0 Å². The van der Waals surface area contributed by atoms with Crippen molar-refractivity contribution in [2.45, 2.75) is 40.0 Å². The molecule has 1 rings (SSSR count). The quantitative estimate of drug-likeness (QED) is 0.564. The highest BCUT2D eigenvalue weighted by atomic mass is 16.1. The van der Waals surface area contributed by atoms with Gasteiger partial charge >= 0.3 is 0 Å². The molecule has 1 unspecified atom stereocenters. The molecule has 0 aromatic carbocycles. The van der Waals surface area contributed by atoms with Crippen LogP contribution in [-0.2, 0) is 4.79 Å². The van der Waals surface area contributed by atoms with Gasteiger partial charge in [-0.2, -0.15) is 0 Å². The van der Waals surface area contributed by atoms with Crippen LogP contribution in [0.3, 0.4) is 0 Å². The second-order valence-electron chi connectivity index (χ2n) is 3.52. The lowest BCUT2D eigenvalue weighted by molar-refractivity contribution is -0.116. The van der Waals surface area contributed by atoms with Crippen LogP contribution in [0.25, 0.3) is 0 Å². The zero-order valence-electron chi connectivity index (χ0n) is 7.61. The minimum absolute atomic E-state index is 0.362. The zero-order chi connectivity index (χ0) is 8.43. The van der Waals surface area contributed by atoms with Crippen molar-refractivity contribution in [3.63, 3.8) is 0 Å². The van der Waals surface area contributed by atoms with Crippen LogP contribution < -0.4 is 0 Å². The van der Waals surface area contributed by atoms with E-state index in [0.717, 1.165) is 24.8 Å². The number of rotatable bonds is 1. The van der Waals surface area contributed by atoms with Gasteiger partial charge in [-0.05, 0) is 31.3 Å². The molecule has 0 aromatic rings. The first kappa shape index (κ1) is 8.51. The van der Waals surface area contributed by atoms with Gasteiger partial charge in [0.2, 0.25) is 0 Å². The van der Waals surface area contributed by atoms with Gasteiger partial charge in [0.05, 0.1) is 0 Å². The van der Waals surface area contributed by atoms with Crippen LogP contribution >= 0.6 is 0 Å². The van der Waals surface area contributed by atoms with Crippen molar-refractivity contribution in [3.8, 4) is 0 Å². The number of carbonyl (C=O) groups is 1. The molecule has 1 aliphatic carbocycles. The Morgan fingerprint density at radius 2 is 2.09 bits per heavy atom. The molecular formula is C10H16O. The van der Waals surface area contributed by atoms with E-state index in [1.165, 1.54) is 5.57 Å². The third kappa shape index (κ3) is 1.70. The monoisotopic (exact) mass is 152 g/mol. The van der Waals surface area contributed by atoms with E-state index >= 15 is 0 Å². The Kier molecular flexibility index (Phi) is 2.48. The maximum atomic E-state index is 11.3. The molecule has 1 atom stereocenters. The van der Waals surface area contributed by atoms with Gasteiger partial charge in [-0.1, -0.05) is 19.4 Å². The molecule has 0 radical (unpaired) electrons. The first-order valence-electron chi connectivity index (χ1n) is 4.37. The summed E-state index contributed by atoms with van der Waals surface area (Å²) in [7, 11) is 0. The maximum Gasteiger partial charge on any atom is 0.158 e. The van der Waals surface area contributed by atoms with Crippen LogP contribution in [-0.4, -0.2) is 5.78 Å². The van der Waals surface area contributed by atoms with E-state index in [-0.39, 0.29) is 0 Å². The van der Waals surface area contributed by atoms with Gasteiger partial charge in [-0.15, -0.1) is 0 Å². The molecule has 0 bridgehead atoms. The van der Waals surface area contributed by atoms with E-state index in [1.807, 2.05) is 6.92 Å². The Morgan fingerprint density at radius 3 is 2.64 bits per heavy atom. The molecule has 0 fully saturated rings. The fourth-order valence-electron chi connectivity index (χ4n) is 1.72. The maximum absolute atomic E-state index is 11.3. The molecule has 62 valence electrons. The number of carbonyl (C=O) groups excluding carboxylic acids is 1. The van der Waals surface area contributed by atoms with Gasteiger partial charge in [0.25, 0.3) is 0 Å². The van der Waals surface area contributed by atoms with Crippen molar-refractivity contribution >= 4 is 5.78 Å². The van der Waals surface area contributed by atoms with Gasteiger partial charge < -0.3 is 0 Å². The first-order chi connectivity index (χ1) is 5.15. The van der Waals surface area contributed by atoms with Crippen molar-refractivity contribution in [1.82, 2.24) is 0 Å². The van der Waals surface area contributed by atoms with Crippen molar-refractivity contribution in [2.75, 3.05) is 0 Å². The van der Waals surface area contributed by atoms with Crippen LogP contribution in [0.15, 0.2) is 11.1 Å². The Labute approximate surface area is 68.5 Å². The molecule has 0 saturated heterocycles. The molecule has 0 saturated carbocycles. The molecule has 0 aromatic heterocycles. The van der Waals surface area contributed by atoms with Crippen LogP contribution in [0.2, 0.25) is 0 Å². The van der Waals surface area contributed by atoms with E-state index in [2.05, 4.69) is 13.8 Å². The Bertz CT molecular complexity index is 201. The summed E-state index contributed by atoms with van der Waals surface area (Å²) in [5.41, 5.74) is 2.40. The second-order valence-corrected chi connectivity index (χ2v) is 3.52. The van der Waals surface area contributed by atoms with E-state index in [9.17, 15) is 4.79 Å². The smallest absolute Gasteiger partial charge is 0.158 e. The normalized spacial score (nSPS) is 26.1. The van der Waals surface area contributed by atoms with Crippen LogP contribution in [0.5, 0.6) is 0 Å². The number of hydrogen-bond donors (Lipinski definition) is 0. The molecule has 0 aliphatic heterocycles. The molecule has 1 heteroatoms. The second kappa shape index (κ2) is 3.21. The summed E-state index contributed by atoms with van der Waals surface area (Å²) in [6.07, 6.45) is 2.94. The lowest BCUT2D eigenvalue weighted by Crippen LogP contribution is -2.15. The molecule has 0 spiro atoms. The minimum atomic E-state index is 0.362. The van der Waals surface area contributed by atoms with Gasteiger partial charge in [0, 0.05) is 6.42 Å². The fourth-order valence-corrected chi connectivity index (χ4v) is 1.72. The number of allylic oxidation sites excluding steroid dienone is 2. The lowest BCUT2D eigenvalue weighted by atomic mass is 9.84. The molecule has 1 aliphatic rings. The highest BCUT2D eigenvalue weighted by molar-refractivity contribution is 5.96. The Hall–Kier alpha value is -0.590. The largest absolute Gasteiger partial charge is 0.295 e. The highest BCUT2D eigenvalue weighted by Crippen LogP contribution is 2.27. The predicted octanol–water partition coefficient (Wildman–Crippen LogP) is 2.71. The Balaban J connectivity index is 2.85. The average Bonchev–Trinajstić information content (AvgIpc) is 1.96. The van der Waals surface area contributed by atoms with Gasteiger partial charge in [-0.25, -0.2) is 0 Å². The van der Waals surface area contributed by atoms with Crippen molar-refractivity contribution in [1.29, 1.82) is 0 Å². The SMILES string of the molecule is CCC1=C(C)C(=O)CC(C)C1. The van der Waals surface area contributed by atoms with Gasteiger partial charge in [0.1, 0.15) is 0 Å². The van der Waals surface area contributed by atoms with E-state index < -0.39 is 0 Å². The lowest BCUT2D eigenvalue weighted by Gasteiger charge is -2.20. The Morgan fingerprint density at radius 1 is 1.45 bits per heavy atom. The van der Waals surface area contributed by atoms with Crippen molar-refractivity contribution in [2.24, 2.45) is 5.92 Å². The summed E-state index contributed by atoms with van der Waals surface area (Å²) in [6, 6.07) is 0. The summed E-state index contributed by atoms with van der Waals surface area (Å²) in [5.74, 6) is 0.932. The molecule has 11 heavy (non-hydrogen) atoms. The van der Waals surface area contributed by atoms with Gasteiger partial charge in [-0.3, -0.25) is 4.79 Å². The topological polar surface area (TPSA) is 17.1 Å². The van der Waals surface area contributed by atoms with Crippen LogP contribution in [0.1, 0.15) is 40.0 Å². The zero-order valence-corrected chi connectivity index (χ0v) is 7.61. The third-order valence-electron chi connectivity index (χ3n) is 2.50. The summed E-state index contributed by atoms with van der Waals surface area (Å²) in [6.45, 7) is 6.25. The summed E-state index contributed by atoms with van der Waals surface area (Å²) in [4.78, 5) is 11.3. The highest BCUT2D eigenvalue weighted by Gasteiger charge is 2.20. The molecule has 1 nitrogen and oxygen atoms in total. The molecule has 0 amide bonds. The number of ketones is 1. The fraction of sp³-hybridized carbons (Fsp3) is 0.700.